The van der Waals surface area contributed by atoms with Gasteiger partial charge >= 0.3 is 0 Å². The van der Waals surface area contributed by atoms with Crippen LogP contribution in [-0.4, -0.2) is 21.7 Å². The lowest BCUT2D eigenvalue weighted by Crippen LogP contribution is -2.14. The number of nitrogens with zero attached hydrogens (tertiary/aromatic N) is 2. The molecule has 0 aliphatic heterocycles. The fourth-order valence-corrected chi connectivity index (χ4v) is 2.80. The molecule has 1 N–H and O–H groups in total. The van der Waals surface area contributed by atoms with E-state index in [1.165, 1.54) is 10.4 Å². The van der Waals surface area contributed by atoms with Crippen molar-refractivity contribution in [1.29, 1.82) is 0 Å². The van der Waals surface area contributed by atoms with Crippen molar-refractivity contribution < 1.29 is 5.11 Å². The Bertz CT molecular complexity index is 522. The molecule has 0 bridgehead atoms. The van der Waals surface area contributed by atoms with Crippen LogP contribution in [0.3, 0.4) is 0 Å². The van der Waals surface area contributed by atoms with Crippen molar-refractivity contribution in [3.8, 4) is 10.6 Å². The summed E-state index contributed by atoms with van der Waals surface area (Å²) in [6.45, 7) is 6.32. The highest BCUT2D eigenvalue weighted by Crippen LogP contribution is 2.29. The van der Waals surface area contributed by atoms with Gasteiger partial charge in [0.25, 0.3) is 0 Å². The minimum Gasteiger partial charge on any atom is -0.396 e. The summed E-state index contributed by atoms with van der Waals surface area (Å²) in [6, 6.07) is 4.02. The van der Waals surface area contributed by atoms with E-state index in [4.69, 9.17) is 0 Å². The van der Waals surface area contributed by atoms with Gasteiger partial charge in [-0.15, -0.1) is 11.3 Å². The normalized spacial score (nSPS) is 12.9. The van der Waals surface area contributed by atoms with Crippen molar-refractivity contribution in [1.82, 2.24) is 9.97 Å². The van der Waals surface area contributed by atoms with Crippen molar-refractivity contribution in [2.24, 2.45) is 5.92 Å². The molecule has 0 aliphatic carbocycles. The van der Waals surface area contributed by atoms with Crippen LogP contribution in [0.5, 0.6) is 0 Å². The number of thiophene rings is 1. The molecule has 2 rings (SSSR count). The van der Waals surface area contributed by atoms with E-state index in [2.05, 4.69) is 42.2 Å². The zero-order valence-electron chi connectivity index (χ0n) is 10.9. The summed E-state index contributed by atoms with van der Waals surface area (Å²) in [4.78, 5) is 10.1. The highest BCUT2D eigenvalue weighted by molar-refractivity contribution is 7.13. The molecule has 0 saturated carbocycles. The molecule has 0 fully saturated rings. The van der Waals surface area contributed by atoms with Crippen LogP contribution in [0.1, 0.15) is 31.2 Å². The summed E-state index contributed by atoms with van der Waals surface area (Å²) >= 11 is 1.69. The summed E-state index contributed by atoms with van der Waals surface area (Å²) in [7, 11) is 0. The molecule has 0 radical (unpaired) electrons. The summed E-state index contributed by atoms with van der Waals surface area (Å²) in [5, 5.41) is 11.5. The maximum Gasteiger partial charge on any atom is 0.134 e. The Kier molecular flexibility index (Phi) is 4.09. The van der Waals surface area contributed by atoms with Gasteiger partial charge in [0.15, 0.2) is 0 Å². The van der Waals surface area contributed by atoms with Crippen LogP contribution < -0.4 is 0 Å². The zero-order chi connectivity index (χ0) is 13.1. The minimum absolute atomic E-state index is 0.00483. The van der Waals surface area contributed by atoms with E-state index >= 15 is 0 Å². The Morgan fingerprint density at radius 1 is 1.33 bits per heavy atom. The smallest absolute Gasteiger partial charge is 0.134 e. The second-order valence-corrected chi connectivity index (χ2v) is 5.68. The first kappa shape index (κ1) is 13.2. The standard InChI is InChI=1S/C14H18N2OS/c1-9(2)11(8-17)14-15-6-4-12(16-14)13-10(3)5-7-18-13/h4-7,9,11,17H,8H2,1-3H3. The van der Waals surface area contributed by atoms with Crippen LogP contribution in [0.15, 0.2) is 23.7 Å². The lowest BCUT2D eigenvalue weighted by Gasteiger charge is -2.16. The molecule has 0 amide bonds. The Morgan fingerprint density at radius 2 is 2.11 bits per heavy atom. The molecule has 0 saturated heterocycles. The van der Waals surface area contributed by atoms with Crippen molar-refractivity contribution >= 4 is 11.3 Å². The lowest BCUT2D eigenvalue weighted by atomic mass is 9.96. The number of aryl methyl sites for hydroxylation is 1. The van der Waals surface area contributed by atoms with Gasteiger partial charge in [0, 0.05) is 12.1 Å². The van der Waals surface area contributed by atoms with Crippen LogP contribution in [0.4, 0.5) is 0 Å². The number of hydrogen-bond donors (Lipinski definition) is 1. The van der Waals surface area contributed by atoms with E-state index in [9.17, 15) is 5.11 Å². The van der Waals surface area contributed by atoms with E-state index in [0.29, 0.717) is 5.92 Å². The van der Waals surface area contributed by atoms with Gasteiger partial charge in [0.05, 0.1) is 17.2 Å². The molecule has 2 heterocycles. The van der Waals surface area contributed by atoms with Gasteiger partial charge in [0.2, 0.25) is 0 Å². The number of aliphatic hydroxyl groups is 1. The first-order valence-electron chi connectivity index (χ1n) is 6.11. The molecule has 96 valence electrons. The molecule has 0 aliphatic rings. The first-order valence-corrected chi connectivity index (χ1v) is 6.99. The fraction of sp³-hybridized carbons (Fsp3) is 0.429. The molecular formula is C14H18N2OS. The van der Waals surface area contributed by atoms with Gasteiger partial charge in [-0.1, -0.05) is 13.8 Å². The quantitative estimate of drug-likeness (QED) is 0.920. The van der Waals surface area contributed by atoms with Gasteiger partial charge in [-0.2, -0.15) is 0 Å². The first-order chi connectivity index (χ1) is 8.63. The Hall–Kier alpha value is -1.26. The zero-order valence-corrected chi connectivity index (χ0v) is 11.7. The van der Waals surface area contributed by atoms with Crippen LogP contribution >= 0.6 is 11.3 Å². The summed E-state index contributed by atoms with van der Waals surface area (Å²) in [6.07, 6.45) is 1.78. The van der Waals surface area contributed by atoms with E-state index in [1.54, 1.807) is 17.5 Å². The number of hydrogen-bond acceptors (Lipinski definition) is 4. The van der Waals surface area contributed by atoms with Crippen LogP contribution in [0.2, 0.25) is 0 Å². The van der Waals surface area contributed by atoms with Gasteiger partial charge in [-0.3, -0.25) is 0 Å². The van der Waals surface area contributed by atoms with E-state index in [-0.39, 0.29) is 12.5 Å². The Morgan fingerprint density at radius 3 is 2.67 bits per heavy atom. The topological polar surface area (TPSA) is 46.0 Å². The monoisotopic (exact) mass is 262 g/mol. The third kappa shape index (κ3) is 2.60. The maximum absolute atomic E-state index is 9.45. The number of aromatic nitrogens is 2. The third-order valence-electron chi connectivity index (χ3n) is 3.10. The second-order valence-electron chi connectivity index (χ2n) is 4.77. The van der Waals surface area contributed by atoms with Crippen LogP contribution in [0, 0.1) is 12.8 Å². The van der Waals surface area contributed by atoms with Gasteiger partial charge in [0.1, 0.15) is 5.82 Å². The second kappa shape index (κ2) is 5.59. The van der Waals surface area contributed by atoms with E-state index < -0.39 is 0 Å². The molecule has 4 heteroatoms. The van der Waals surface area contributed by atoms with Gasteiger partial charge < -0.3 is 5.11 Å². The predicted octanol–water partition coefficient (Wildman–Crippen LogP) is 3.25. The third-order valence-corrected chi connectivity index (χ3v) is 4.14. The van der Waals surface area contributed by atoms with Crippen LogP contribution in [-0.2, 0) is 0 Å². The maximum atomic E-state index is 9.45. The number of aliphatic hydroxyl groups excluding tert-OH is 1. The highest BCUT2D eigenvalue weighted by Gasteiger charge is 2.18. The Balaban J connectivity index is 2.39. The van der Waals surface area contributed by atoms with Crippen molar-refractivity contribution in [3.05, 3.63) is 35.1 Å². The SMILES string of the molecule is Cc1ccsc1-c1ccnc(C(CO)C(C)C)n1. The lowest BCUT2D eigenvalue weighted by molar-refractivity contribution is 0.232. The molecule has 3 nitrogen and oxygen atoms in total. The Labute approximate surface area is 112 Å². The van der Waals surface area contributed by atoms with Crippen molar-refractivity contribution in [2.45, 2.75) is 26.7 Å². The highest BCUT2D eigenvalue weighted by atomic mass is 32.1. The largest absolute Gasteiger partial charge is 0.396 e. The average Bonchev–Trinajstić information content (AvgIpc) is 2.76. The van der Waals surface area contributed by atoms with Gasteiger partial charge in [-0.05, 0) is 35.9 Å². The molecule has 2 aromatic rings. The molecule has 2 aromatic heterocycles. The summed E-state index contributed by atoms with van der Waals surface area (Å²) in [5.74, 6) is 1.07. The average molecular weight is 262 g/mol. The van der Waals surface area contributed by atoms with E-state index in [1.807, 2.05) is 6.07 Å². The summed E-state index contributed by atoms with van der Waals surface area (Å²) in [5.41, 5.74) is 2.18. The van der Waals surface area contributed by atoms with Gasteiger partial charge in [-0.25, -0.2) is 9.97 Å². The summed E-state index contributed by atoms with van der Waals surface area (Å²) < 4.78 is 0. The van der Waals surface area contributed by atoms with Crippen LogP contribution in [0.25, 0.3) is 10.6 Å². The predicted molar refractivity (Wildman–Crippen MR) is 74.7 cm³/mol. The molecule has 1 atom stereocenters. The molecule has 0 spiro atoms. The van der Waals surface area contributed by atoms with Crippen molar-refractivity contribution in [3.63, 3.8) is 0 Å². The van der Waals surface area contributed by atoms with Crippen molar-refractivity contribution in [2.75, 3.05) is 6.61 Å². The van der Waals surface area contributed by atoms with E-state index in [0.717, 1.165) is 11.5 Å². The number of rotatable bonds is 4. The molecule has 18 heavy (non-hydrogen) atoms. The molecule has 0 aromatic carbocycles. The molecular weight excluding hydrogens is 244 g/mol. The fourth-order valence-electron chi connectivity index (χ4n) is 1.90. The molecule has 1 unspecified atom stereocenters. The minimum atomic E-state index is 0.00483.